The quantitative estimate of drug-likeness (QED) is 0.569. The minimum atomic E-state index is -0.675. The Balaban J connectivity index is 1.38. The predicted octanol–water partition coefficient (Wildman–Crippen LogP) is 4.27. The number of hydrogen-bond acceptors (Lipinski definition) is 5. The smallest absolute Gasteiger partial charge is 0.255 e. The maximum Gasteiger partial charge on any atom is 0.255 e. The first-order valence-electron chi connectivity index (χ1n) is 11.2. The first-order chi connectivity index (χ1) is 16.0. The van der Waals surface area contributed by atoms with E-state index in [1.54, 1.807) is 36.8 Å². The lowest BCUT2D eigenvalue weighted by Crippen LogP contribution is -2.35. The normalized spacial score (nSPS) is 17.7. The lowest BCUT2D eigenvalue weighted by atomic mass is 9.99. The Hall–Kier alpha value is -3.68. The largest absolute Gasteiger partial charge is 0.313 e. The maximum absolute atomic E-state index is 14.2. The molecule has 1 aliphatic carbocycles. The van der Waals surface area contributed by atoms with E-state index < -0.39 is 6.04 Å². The average molecular weight is 445 g/mol. The molecule has 1 saturated carbocycles. The second-order valence-electron chi connectivity index (χ2n) is 8.42. The highest BCUT2D eigenvalue weighted by atomic mass is 19.1. The molecule has 1 aliphatic heterocycles. The first kappa shape index (κ1) is 21.2. The molecule has 1 atom stereocenters. The van der Waals surface area contributed by atoms with Crippen molar-refractivity contribution in [2.45, 2.75) is 44.7 Å². The lowest BCUT2D eigenvalue weighted by molar-refractivity contribution is -0.118. The van der Waals surface area contributed by atoms with Crippen LogP contribution in [0.3, 0.4) is 0 Å². The summed E-state index contributed by atoms with van der Waals surface area (Å²) in [4.78, 5) is 23.5. The van der Waals surface area contributed by atoms with Crippen LogP contribution in [0.2, 0.25) is 0 Å². The van der Waals surface area contributed by atoms with E-state index in [0.717, 1.165) is 35.5 Å². The van der Waals surface area contributed by atoms with Gasteiger partial charge in [0.25, 0.3) is 5.91 Å². The summed E-state index contributed by atoms with van der Waals surface area (Å²) in [7, 11) is 1.74. The van der Waals surface area contributed by atoms with Gasteiger partial charge in [0, 0.05) is 43.2 Å². The Morgan fingerprint density at radius 3 is 2.85 bits per heavy atom. The van der Waals surface area contributed by atoms with E-state index in [9.17, 15) is 9.18 Å². The predicted molar refractivity (Wildman–Crippen MR) is 126 cm³/mol. The van der Waals surface area contributed by atoms with Gasteiger partial charge in [0.1, 0.15) is 18.2 Å². The number of allylic oxidation sites excluding steroid dienone is 1. The summed E-state index contributed by atoms with van der Waals surface area (Å²) in [5.74, 6) is 0.320. The molecule has 3 aromatic rings. The fourth-order valence-electron chi connectivity index (χ4n) is 4.07. The SMILES string of the molecule is CCc1ncc(C2=CC(C(=O)N(C)c3cccc(-c4nncn4C4CC4)c3)N=CC2)cc1F. The Kier molecular flexibility index (Phi) is 5.58. The summed E-state index contributed by atoms with van der Waals surface area (Å²) in [5.41, 5.74) is 3.62. The Labute approximate surface area is 191 Å². The number of aromatic nitrogens is 4. The summed E-state index contributed by atoms with van der Waals surface area (Å²) in [6, 6.07) is 9.00. The van der Waals surface area contributed by atoms with E-state index in [1.165, 1.54) is 6.07 Å². The number of dihydropyridines is 1. The molecule has 1 aromatic carbocycles. The van der Waals surface area contributed by atoms with E-state index in [4.69, 9.17) is 0 Å². The second kappa shape index (κ2) is 8.69. The molecule has 168 valence electrons. The zero-order valence-corrected chi connectivity index (χ0v) is 18.6. The number of benzene rings is 1. The van der Waals surface area contributed by atoms with Gasteiger partial charge in [-0.1, -0.05) is 19.1 Å². The molecule has 0 spiro atoms. The monoisotopic (exact) mass is 444 g/mol. The molecule has 1 amide bonds. The van der Waals surface area contributed by atoms with Gasteiger partial charge in [-0.3, -0.25) is 14.8 Å². The molecule has 7 nitrogen and oxygen atoms in total. The number of halogens is 1. The van der Waals surface area contributed by atoms with Crippen LogP contribution < -0.4 is 4.90 Å². The summed E-state index contributed by atoms with van der Waals surface area (Å²) in [5, 5.41) is 8.36. The van der Waals surface area contributed by atoms with Crippen LogP contribution in [0.25, 0.3) is 17.0 Å². The number of hydrogen-bond donors (Lipinski definition) is 0. The van der Waals surface area contributed by atoms with Crippen molar-refractivity contribution < 1.29 is 9.18 Å². The van der Waals surface area contributed by atoms with Crippen LogP contribution in [0.1, 0.15) is 43.5 Å². The van der Waals surface area contributed by atoms with Crippen LogP contribution in [0.4, 0.5) is 10.1 Å². The Morgan fingerprint density at radius 2 is 2.09 bits per heavy atom. The number of aliphatic imine (C=N–C) groups is 1. The summed E-state index contributed by atoms with van der Waals surface area (Å²) in [6.07, 6.45) is 10.3. The van der Waals surface area contributed by atoms with Gasteiger partial charge in [-0.05, 0) is 54.7 Å². The molecular weight excluding hydrogens is 419 g/mol. The number of nitrogens with zero attached hydrogens (tertiary/aromatic N) is 6. The summed E-state index contributed by atoms with van der Waals surface area (Å²) < 4.78 is 16.3. The topological polar surface area (TPSA) is 76.3 Å². The fourth-order valence-corrected chi connectivity index (χ4v) is 4.07. The number of pyridine rings is 1. The number of aryl methyl sites for hydroxylation is 1. The van der Waals surface area contributed by atoms with Crippen molar-refractivity contribution in [3.63, 3.8) is 0 Å². The van der Waals surface area contributed by atoms with Gasteiger partial charge in [0.05, 0.1) is 5.69 Å². The minimum Gasteiger partial charge on any atom is -0.313 e. The van der Waals surface area contributed by atoms with E-state index in [1.807, 2.05) is 31.2 Å². The molecule has 1 unspecified atom stereocenters. The van der Waals surface area contributed by atoms with Crippen molar-refractivity contribution in [2.24, 2.45) is 4.99 Å². The fraction of sp³-hybridized carbons (Fsp3) is 0.320. The molecule has 33 heavy (non-hydrogen) atoms. The highest BCUT2D eigenvalue weighted by Gasteiger charge is 2.27. The first-order valence-corrected chi connectivity index (χ1v) is 11.2. The van der Waals surface area contributed by atoms with Crippen LogP contribution in [-0.4, -0.2) is 45.0 Å². The number of rotatable bonds is 6. The lowest BCUT2D eigenvalue weighted by Gasteiger charge is -2.23. The zero-order chi connectivity index (χ0) is 22.9. The molecule has 0 bridgehead atoms. The van der Waals surface area contributed by atoms with Gasteiger partial charge < -0.3 is 9.47 Å². The van der Waals surface area contributed by atoms with Crippen LogP contribution in [0.5, 0.6) is 0 Å². The van der Waals surface area contributed by atoms with Crippen LogP contribution in [0, 0.1) is 5.82 Å². The number of carbonyl (C=O) groups excluding carboxylic acids is 1. The zero-order valence-electron chi connectivity index (χ0n) is 18.6. The van der Waals surface area contributed by atoms with Gasteiger partial charge in [0.2, 0.25) is 0 Å². The van der Waals surface area contributed by atoms with Gasteiger partial charge >= 0.3 is 0 Å². The van der Waals surface area contributed by atoms with Crippen LogP contribution in [0.15, 0.2) is 53.9 Å². The standard InChI is InChI=1S/C25H25FN6O/c1-3-22-21(26)12-18(14-28-22)16-9-10-27-23(13-16)25(33)31(2)20-6-4-5-17(11-20)24-30-29-15-32(24)19-7-8-19/h4-6,10-15,19,23H,3,7-9H2,1-2H3. The maximum atomic E-state index is 14.2. The number of anilines is 1. The van der Waals surface area contributed by atoms with Gasteiger partial charge in [0.15, 0.2) is 5.82 Å². The van der Waals surface area contributed by atoms with Crippen LogP contribution in [-0.2, 0) is 11.2 Å². The van der Waals surface area contributed by atoms with Crippen molar-refractivity contribution in [1.29, 1.82) is 0 Å². The molecule has 0 saturated heterocycles. The molecular formula is C25H25FN6O. The second-order valence-corrected chi connectivity index (χ2v) is 8.42. The Bertz CT molecular complexity index is 1260. The van der Waals surface area contributed by atoms with E-state index >= 15 is 0 Å². The molecule has 0 radical (unpaired) electrons. The minimum absolute atomic E-state index is 0.164. The molecule has 5 rings (SSSR count). The van der Waals surface area contributed by atoms with Crippen molar-refractivity contribution in [2.75, 3.05) is 11.9 Å². The van der Waals surface area contributed by atoms with E-state index in [-0.39, 0.29) is 11.7 Å². The number of amides is 1. The highest BCUT2D eigenvalue weighted by molar-refractivity contribution is 6.01. The highest BCUT2D eigenvalue weighted by Crippen LogP contribution is 2.38. The van der Waals surface area contributed by atoms with E-state index in [0.29, 0.717) is 30.1 Å². The third kappa shape index (κ3) is 4.20. The van der Waals surface area contributed by atoms with Gasteiger partial charge in [-0.25, -0.2) is 4.39 Å². The van der Waals surface area contributed by atoms with Gasteiger partial charge in [-0.2, -0.15) is 0 Å². The third-order valence-electron chi connectivity index (χ3n) is 6.15. The molecule has 0 N–H and O–H groups in total. The molecule has 1 fully saturated rings. The van der Waals surface area contributed by atoms with Crippen molar-refractivity contribution >= 4 is 23.4 Å². The number of carbonyl (C=O) groups is 1. The van der Waals surface area contributed by atoms with Crippen LogP contribution >= 0.6 is 0 Å². The van der Waals surface area contributed by atoms with E-state index in [2.05, 4.69) is 24.7 Å². The van der Waals surface area contributed by atoms with Crippen molar-refractivity contribution in [3.05, 3.63) is 66.0 Å². The summed E-state index contributed by atoms with van der Waals surface area (Å²) >= 11 is 0. The van der Waals surface area contributed by atoms with Crippen molar-refractivity contribution in [1.82, 2.24) is 19.7 Å². The molecule has 8 heteroatoms. The molecule has 2 aliphatic rings. The molecule has 3 heterocycles. The Morgan fingerprint density at radius 1 is 1.24 bits per heavy atom. The third-order valence-corrected chi connectivity index (χ3v) is 6.15. The summed E-state index contributed by atoms with van der Waals surface area (Å²) in [6.45, 7) is 1.87. The van der Waals surface area contributed by atoms with Crippen molar-refractivity contribution in [3.8, 4) is 11.4 Å². The molecule has 2 aromatic heterocycles. The number of likely N-dealkylation sites (N-methyl/N-ethyl adjacent to an activating group) is 1. The average Bonchev–Trinajstić information content (AvgIpc) is 3.59. The van der Waals surface area contributed by atoms with Gasteiger partial charge in [-0.15, -0.1) is 10.2 Å².